The van der Waals surface area contributed by atoms with Gasteiger partial charge in [-0.05, 0) is 85.3 Å². The van der Waals surface area contributed by atoms with Gasteiger partial charge < -0.3 is 20.3 Å². The maximum Gasteiger partial charge on any atom is 0.360 e. The van der Waals surface area contributed by atoms with Crippen molar-refractivity contribution in [3.8, 4) is 45.3 Å². The van der Waals surface area contributed by atoms with Crippen LogP contribution in [0.3, 0.4) is 0 Å². The molecule has 6 heterocycles. The molecule has 2 saturated carbocycles. The normalized spacial score (nSPS) is 12.2. The zero-order valence-electron chi connectivity index (χ0n) is 51.2. The first-order chi connectivity index (χ1) is 47.2. The van der Waals surface area contributed by atoms with E-state index in [0.717, 1.165) is 53.6 Å². The third kappa shape index (κ3) is 16.3. The molecule has 2 fully saturated rings. The molecule has 0 radical (unpaired) electrons. The lowest BCUT2D eigenvalue weighted by molar-refractivity contribution is 0.0685. The number of aliphatic imine (C=N–C) groups is 2. The number of ketones is 1. The van der Waals surface area contributed by atoms with Gasteiger partial charge in [0.1, 0.15) is 39.0 Å². The number of benzene rings is 6. The predicted octanol–water partition coefficient (Wildman–Crippen LogP) is 16.0. The molecule has 6 aromatic carbocycles. The number of nitrogens with zero attached hydrogens (tertiary/aromatic N) is 10. The molecule has 2 aliphatic carbocycles. The van der Waals surface area contributed by atoms with Gasteiger partial charge in [-0.15, -0.1) is 0 Å². The number of nitrogens with two attached hydrogens (primary N) is 1. The molecule has 0 unspecified atom stereocenters. The molecule has 480 valence electrons. The molecule has 3 N–H and O–H groups in total. The second-order valence-corrected chi connectivity index (χ2v) is 22.9. The highest BCUT2D eigenvalue weighted by atomic mass is 35.5. The maximum absolute atomic E-state index is 13.5. The number of anilines is 1. The van der Waals surface area contributed by atoms with Crippen LogP contribution in [0, 0.1) is 11.6 Å². The Labute approximate surface area is 563 Å². The minimum Gasteiger partial charge on any atom is -0.476 e. The van der Waals surface area contributed by atoms with E-state index < -0.39 is 39.9 Å². The van der Waals surface area contributed by atoms with Crippen LogP contribution < -0.4 is 26.1 Å². The summed E-state index contributed by atoms with van der Waals surface area (Å²) in [6.45, 7) is 0. The van der Waals surface area contributed by atoms with E-state index in [1.807, 2.05) is 121 Å². The smallest absolute Gasteiger partial charge is 0.360 e. The Morgan fingerprint density at radius 1 is 0.505 bits per heavy atom. The first-order valence-corrected chi connectivity index (χ1v) is 31.2. The molecular formula is C75H55Cl2F2N11O7. The number of carbonyl (C=O) groups excluding carboxylic acids is 1. The van der Waals surface area contributed by atoms with Gasteiger partial charge in [0.25, 0.3) is 0 Å². The van der Waals surface area contributed by atoms with Crippen molar-refractivity contribution in [3.63, 3.8) is 0 Å². The van der Waals surface area contributed by atoms with Crippen molar-refractivity contribution in [2.24, 2.45) is 9.98 Å². The quantitative estimate of drug-likeness (QED) is 0.0599. The number of rotatable bonds is 18. The number of pyridine rings is 4. The van der Waals surface area contributed by atoms with Crippen LogP contribution in [0.4, 0.5) is 26.2 Å². The summed E-state index contributed by atoms with van der Waals surface area (Å²) in [6, 6.07) is 60.6. The highest BCUT2D eigenvalue weighted by Crippen LogP contribution is 2.39. The monoisotopic (exact) mass is 1330 g/mol. The van der Waals surface area contributed by atoms with Crippen LogP contribution in [0.25, 0.3) is 22.3 Å². The summed E-state index contributed by atoms with van der Waals surface area (Å²) in [6.07, 6.45) is 12.9. The van der Waals surface area contributed by atoms with E-state index in [2.05, 4.69) is 30.1 Å². The number of halogens is 4. The second-order valence-electron chi connectivity index (χ2n) is 22.2. The van der Waals surface area contributed by atoms with Crippen LogP contribution in [-0.4, -0.2) is 67.8 Å². The number of ether oxygens (including phenoxy) is 2. The summed E-state index contributed by atoms with van der Waals surface area (Å²) in [5, 5.41) is 17.9. The zero-order chi connectivity index (χ0) is 67.4. The van der Waals surface area contributed by atoms with Crippen molar-refractivity contribution in [2.45, 2.75) is 44.2 Å². The molecule has 97 heavy (non-hydrogen) atoms. The van der Waals surface area contributed by atoms with Crippen LogP contribution in [0.5, 0.6) is 23.0 Å². The van der Waals surface area contributed by atoms with Crippen molar-refractivity contribution in [3.05, 3.63) is 325 Å². The van der Waals surface area contributed by atoms with Crippen LogP contribution in [0.1, 0.15) is 86.7 Å². The molecule has 0 spiro atoms. The Morgan fingerprint density at radius 2 is 0.897 bits per heavy atom. The molecule has 14 rings (SSSR count). The third-order valence-electron chi connectivity index (χ3n) is 15.1. The Bertz CT molecular complexity index is 4910. The Hall–Kier alpha value is -12.0. The van der Waals surface area contributed by atoms with Crippen LogP contribution >= 0.6 is 23.2 Å². The minimum atomic E-state index is -1.35. The fraction of sp³-hybridized carbons (Fsp3) is 0.0933. The number of Topliss-reactive ketones (excluding diaryl/α,β-unsaturated/α-hetero) is 1. The average molecular weight is 1330 g/mol. The largest absolute Gasteiger partial charge is 0.476 e. The van der Waals surface area contributed by atoms with Crippen LogP contribution in [0.15, 0.2) is 263 Å². The summed E-state index contributed by atoms with van der Waals surface area (Å²) in [5.41, 5.74) is 11.0. The van der Waals surface area contributed by atoms with Gasteiger partial charge in [0.05, 0.1) is 42.3 Å². The van der Waals surface area contributed by atoms with E-state index in [4.69, 9.17) is 53.5 Å². The molecule has 22 heteroatoms. The highest BCUT2D eigenvalue weighted by Gasteiger charge is 2.29. The lowest BCUT2D eigenvalue weighted by atomic mass is 10.0. The van der Waals surface area contributed by atoms with E-state index in [1.165, 1.54) is 65.6 Å². The summed E-state index contributed by atoms with van der Waals surface area (Å²) >= 11 is 13.3. The SMILES string of the molecule is Nc1ccc(Oc2ccnc(N=C(c3ccccc3)c3ccccc3)c2Cl)cn1.O=C(Cc1ccc(Oc2ccnc(N=C(c3ccccc3)c3ccccc3)c2Cl)cn1)c1nn(C2CC2)cc(-c2ccc(F)cc2)c1=O.O=C(O)c1nn(C2CC2)cc(-c2ccc(F)cc2)c1=O. The fourth-order valence-corrected chi connectivity index (χ4v) is 10.3. The molecule has 0 saturated heterocycles. The summed E-state index contributed by atoms with van der Waals surface area (Å²) in [4.78, 5) is 76.8. The third-order valence-corrected chi connectivity index (χ3v) is 15.9. The van der Waals surface area contributed by atoms with Gasteiger partial charge in [-0.1, -0.05) is 169 Å². The summed E-state index contributed by atoms with van der Waals surface area (Å²) < 4.78 is 41.5. The predicted molar refractivity (Wildman–Crippen MR) is 367 cm³/mol. The van der Waals surface area contributed by atoms with Crippen LogP contribution in [-0.2, 0) is 6.42 Å². The highest BCUT2D eigenvalue weighted by molar-refractivity contribution is 6.35. The van der Waals surface area contributed by atoms with Gasteiger partial charge in [0.15, 0.2) is 34.6 Å². The number of carboxylic acid groups (broad SMARTS) is 1. The molecule has 2 aliphatic rings. The number of carboxylic acids is 1. The molecule has 12 aromatic rings. The standard InChI is InChI=1S/C38H27ClFN5O3.C23H17ClN4O.C14H11FN2O3/c39-34-33(19-20-41-38(34)43-35(25-7-3-1-4-8-25)26-9-5-2-6-10-26)48-30-18-15-28(42-22-30)21-32(46)36-37(47)31(23-45(44-36)29-16-17-29)24-11-13-27(40)14-12-24;24-21-19(29-18-11-12-20(25)27-15-18)13-14-26-23(21)28-22(16-7-3-1-4-8-16)17-9-5-2-6-10-17;15-9-3-1-8(2-4-9)11-7-17(10-5-6-10)16-12(13(11)18)14(19)20/h1-15,18-20,22-23,29H,16-17,21H2;1-15H,(H2,25,27);1-4,7,10H,5-6H2,(H,19,20). The van der Waals surface area contributed by atoms with Gasteiger partial charge in [0.2, 0.25) is 16.6 Å². The molecule has 0 atom stereocenters. The lowest BCUT2D eigenvalue weighted by Gasteiger charge is -2.11. The molecular weight excluding hydrogens is 1280 g/mol. The van der Waals surface area contributed by atoms with E-state index in [9.17, 15) is 28.0 Å². The number of aromatic nitrogens is 8. The van der Waals surface area contributed by atoms with Gasteiger partial charge >= 0.3 is 5.97 Å². The first kappa shape index (κ1) is 65.1. The van der Waals surface area contributed by atoms with Gasteiger partial charge in [-0.25, -0.2) is 38.5 Å². The van der Waals surface area contributed by atoms with Crippen molar-refractivity contribution >= 4 is 63.8 Å². The topological polar surface area (TPSA) is 245 Å². The molecule has 0 aliphatic heterocycles. The lowest BCUT2D eigenvalue weighted by Crippen LogP contribution is -2.25. The molecule has 18 nitrogen and oxygen atoms in total. The van der Waals surface area contributed by atoms with E-state index >= 15 is 0 Å². The maximum atomic E-state index is 13.5. The van der Waals surface area contributed by atoms with Crippen molar-refractivity contribution < 1.29 is 33.0 Å². The second kappa shape index (κ2) is 30.0. The van der Waals surface area contributed by atoms with Crippen molar-refractivity contribution in [2.75, 3.05) is 5.73 Å². The average Bonchev–Trinajstić information content (AvgIpc) is 1.80. The Kier molecular flexibility index (Phi) is 20.1. The van der Waals surface area contributed by atoms with Crippen LogP contribution in [0.2, 0.25) is 10.0 Å². The van der Waals surface area contributed by atoms with Gasteiger partial charge in [-0.2, -0.15) is 10.2 Å². The summed E-state index contributed by atoms with van der Waals surface area (Å²) in [7, 11) is 0. The number of carbonyl (C=O) groups is 2. The number of aromatic carboxylic acids is 1. The first-order valence-electron chi connectivity index (χ1n) is 30.4. The minimum absolute atomic E-state index is 0.125. The Balaban J connectivity index is 0.000000154. The zero-order valence-corrected chi connectivity index (χ0v) is 52.8. The van der Waals surface area contributed by atoms with E-state index in [-0.39, 0.29) is 34.8 Å². The van der Waals surface area contributed by atoms with E-state index in [0.29, 0.717) is 73.6 Å². The number of nitrogen functional groups attached to an aromatic ring is 1. The molecule has 6 aromatic heterocycles. The molecule has 0 bridgehead atoms. The fourth-order valence-electron chi connectivity index (χ4n) is 9.92. The van der Waals surface area contributed by atoms with Crippen molar-refractivity contribution in [1.82, 2.24) is 39.5 Å². The van der Waals surface area contributed by atoms with Gasteiger partial charge in [0, 0.05) is 76.0 Å². The number of hydrogen-bond donors (Lipinski definition) is 2. The van der Waals surface area contributed by atoms with E-state index in [1.54, 1.807) is 65.9 Å². The molecule has 0 amide bonds. The van der Waals surface area contributed by atoms with Crippen molar-refractivity contribution in [1.29, 1.82) is 0 Å². The summed E-state index contributed by atoms with van der Waals surface area (Å²) in [5.74, 6) is 0.107. The number of hydrogen-bond acceptors (Lipinski definition) is 15. The van der Waals surface area contributed by atoms with Gasteiger partial charge in [-0.3, -0.25) is 28.7 Å². The Morgan fingerprint density at radius 3 is 1.27 bits per heavy atom.